The number of nitrogens with one attached hydrogen (secondary N) is 1. The van der Waals surface area contributed by atoms with Crippen LogP contribution >= 0.6 is 0 Å². The van der Waals surface area contributed by atoms with E-state index in [1.165, 1.54) is 0 Å². The maximum atomic E-state index is 12.6. The van der Waals surface area contributed by atoms with Crippen molar-refractivity contribution in [1.29, 1.82) is 0 Å². The van der Waals surface area contributed by atoms with Crippen LogP contribution in [-0.4, -0.2) is 49.7 Å². The molecule has 1 heterocycles. The number of hydrogen-bond acceptors (Lipinski definition) is 3. The minimum Gasteiger partial charge on any atom is -0.374 e. The molecule has 1 unspecified atom stereocenters. The number of morpholine rings is 1. The molecular formula is C19H28N2O2. The summed E-state index contributed by atoms with van der Waals surface area (Å²) in [5, 5.41) is 3.14. The maximum Gasteiger partial charge on any atom is 0.230 e. The van der Waals surface area contributed by atoms with Gasteiger partial charge in [0.1, 0.15) is 0 Å². The molecule has 4 nitrogen and oxygen atoms in total. The molecule has 1 saturated heterocycles. The van der Waals surface area contributed by atoms with Gasteiger partial charge in [-0.25, -0.2) is 0 Å². The van der Waals surface area contributed by atoms with Gasteiger partial charge in [-0.1, -0.05) is 44.2 Å². The summed E-state index contributed by atoms with van der Waals surface area (Å²) in [6, 6.07) is 10.1. The number of ether oxygens (including phenoxy) is 1. The Bertz CT molecular complexity index is 525. The molecule has 0 radical (unpaired) electrons. The predicted octanol–water partition coefficient (Wildman–Crippen LogP) is 2.19. The standard InChI is InChI=1S/C19H28N2O2/c1-15(2)13-21-10-11-23-17(14-21)12-20-18(22)19(8-9-19)16-6-4-3-5-7-16/h3-7,15,17H,8-14H2,1-2H3,(H,20,22). The zero-order valence-electron chi connectivity index (χ0n) is 14.3. The molecule has 2 fully saturated rings. The molecule has 1 atom stereocenters. The maximum absolute atomic E-state index is 12.6. The summed E-state index contributed by atoms with van der Waals surface area (Å²) in [6.07, 6.45) is 2.01. The summed E-state index contributed by atoms with van der Waals surface area (Å²) >= 11 is 0. The Hall–Kier alpha value is -1.39. The highest BCUT2D eigenvalue weighted by molar-refractivity contribution is 5.91. The number of rotatable bonds is 6. The second-order valence-electron chi connectivity index (χ2n) is 7.30. The van der Waals surface area contributed by atoms with Gasteiger partial charge < -0.3 is 10.1 Å². The van der Waals surface area contributed by atoms with Gasteiger partial charge in [0.15, 0.2) is 0 Å². The van der Waals surface area contributed by atoms with Gasteiger partial charge in [0, 0.05) is 26.2 Å². The number of nitrogens with zero attached hydrogens (tertiary/aromatic N) is 1. The van der Waals surface area contributed by atoms with Crippen molar-refractivity contribution in [2.75, 3.05) is 32.8 Å². The van der Waals surface area contributed by atoms with E-state index < -0.39 is 0 Å². The minimum atomic E-state index is -0.284. The molecule has 1 aliphatic heterocycles. The van der Waals surface area contributed by atoms with E-state index in [9.17, 15) is 4.79 Å². The van der Waals surface area contributed by atoms with Crippen LogP contribution in [0.25, 0.3) is 0 Å². The first kappa shape index (κ1) is 16.5. The lowest BCUT2D eigenvalue weighted by Crippen LogP contribution is -2.49. The molecular weight excluding hydrogens is 288 g/mol. The van der Waals surface area contributed by atoms with Gasteiger partial charge in [0.25, 0.3) is 0 Å². The third-order valence-electron chi connectivity index (χ3n) is 4.85. The van der Waals surface area contributed by atoms with Crippen LogP contribution in [0.4, 0.5) is 0 Å². The molecule has 2 aliphatic rings. The summed E-state index contributed by atoms with van der Waals surface area (Å²) in [5.41, 5.74) is 0.858. The van der Waals surface area contributed by atoms with Crippen molar-refractivity contribution >= 4 is 5.91 Å². The first-order valence-electron chi connectivity index (χ1n) is 8.78. The van der Waals surface area contributed by atoms with E-state index in [0.717, 1.165) is 44.6 Å². The number of carbonyl (C=O) groups is 1. The van der Waals surface area contributed by atoms with Crippen LogP contribution in [0.5, 0.6) is 0 Å². The Kier molecular flexibility index (Phi) is 5.02. The smallest absolute Gasteiger partial charge is 0.230 e. The number of amides is 1. The van der Waals surface area contributed by atoms with Crippen molar-refractivity contribution in [3.05, 3.63) is 35.9 Å². The van der Waals surface area contributed by atoms with Gasteiger partial charge in [-0.3, -0.25) is 9.69 Å². The molecule has 1 N–H and O–H groups in total. The highest BCUT2D eigenvalue weighted by Gasteiger charge is 2.51. The van der Waals surface area contributed by atoms with Gasteiger partial charge in [-0.15, -0.1) is 0 Å². The van der Waals surface area contributed by atoms with Crippen LogP contribution in [0, 0.1) is 5.92 Å². The molecule has 126 valence electrons. The summed E-state index contributed by atoms with van der Waals surface area (Å²) in [4.78, 5) is 15.1. The van der Waals surface area contributed by atoms with Crippen molar-refractivity contribution in [1.82, 2.24) is 10.2 Å². The Morgan fingerprint density at radius 2 is 2.09 bits per heavy atom. The number of hydrogen-bond donors (Lipinski definition) is 1. The van der Waals surface area contributed by atoms with Crippen molar-refractivity contribution in [3.63, 3.8) is 0 Å². The van der Waals surface area contributed by atoms with Crippen molar-refractivity contribution in [2.24, 2.45) is 5.92 Å². The summed E-state index contributed by atoms with van der Waals surface area (Å²) < 4.78 is 5.82. The van der Waals surface area contributed by atoms with E-state index in [1.54, 1.807) is 0 Å². The summed E-state index contributed by atoms with van der Waals surface area (Å²) in [6.45, 7) is 8.86. The van der Waals surface area contributed by atoms with Crippen molar-refractivity contribution in [2.45, 2.75) is 38.2 Å². The SMILES string of the molecule is CC(C)CN1CCOC(CNC(=O)C2(c3ccccc3)CC2)C1. The predicted molar refractivity (Wildman–Crippen MR) is 91.4 cm³/mol. The third kappa shape index (κ3) is 3.93. The fraction of sp³-hybridized carbons (Fsp3) is 0.632. The first-order chi connectivity index (χ1) is 11.1. The Labute approximate surface area is 139 Å². The molecule has 1 amide bonds. The average Bonchev–Trinajstić information content (AvgIpc) is 3.35. The average molecular weight is 316 g/mol. The Morgan fingerprint density at radius 3 is 2.74 bits per heavy atom. The zero-order chi connectivity index (χ0) is 16.3. The van der Waals surface area contributed by atoms with E-state index in [2.05, 4.69) is 36.2 Å². The van der Waals surface area contributed by atoms with Crippen LogP contribution in [-0.2, 0) is 14.9 Å². The number of carbonyl (C=O) groups excluding carboxylic acids is 1. The monoisotopic (exact) mass is 316 g/mol. The summed E-state index contributed by atoms with van der Waals surface area (Å²) in [7, 11) is 0. The number of benzene rings is 1. The van der Waals surface area contributed by atoms with Gasteiger partial charge in [-0.2, -0.15) is 0 Å². The molecule has 1 aromatic carbocycles. The van der Waals surface area contributed by atoms with Crippen molar-refractivity contribution in [3.8, 4) is 0 Å². The van der Waals surface area contributed by atoms with E-state index >= 15 is 0 Å². The normalized spacial score (nSPS) is 23.7. The first-order valence-corrected chi connectivity index (χ1v) is 8.78. The Balaban J connectivity index is 1.51. The molecule has 1 saturated carbocycles. The molecule has 0 aromatic heterocycles. The largest absolute Gasteiger partial charge is 0.374 e. The van der Waals surface area contributed by atoms with E-state index in [4.69, 9.17) is 4.74 Å². The second kappa shape index (κ2) is 7.02. The van der Waals surface area contributed by atoms with Gasteiger partial charge in [-0.05, 0) is 24.3 Å². The van der Waals surface area contributed by atoms with Crippen molar-refractivity contribution < 1.29 is 9.53 Å². The van der Waals surface area contributed by atoms with E-state index in [0.29, 0.717) is 12.5 Å². The quantitative estimate of drug-likeness (QED) is 0.875. The van der Waals surface area contributed by atoms with Crippen LogP contribution < -0.4 is 5.32 Å². The molecule has 4 heteroatoms. The second-order valence-corrected chi connectivity index (χ2v) is 7.30. The van der Waals surface area contributed by atoms with Gasteiger partial charge in [0.2, 0.25) is 5.91 Å². The van der Waals surface area contributed by atoms with Crippen LogP contribution in [0.3, 0.4) is 0 Å². The minimum absolute atomic E-state index is 0.109. The lowest BCUT2D eigenvalue weighted by atomic mass is 9.95. The lowest BCUT2D eigenvalue weighted by Gasteiger charge is -2.34. The molecule has 23 heavy (non-hydrogen) atoms. The van der Waals surface area contributed by atoms with Crippen LogP contribution in [0.2, 0.25) is 0 Å². The fourth-order valence-corrected chi connectivity index (χ4v) is 3.49. The highest BCUT2D eigenvalue weighted by Crippen LogP contribution is 2.48. The zero-order valence-corrected chi connectivity index (χ0v) is 14.3. The highest BCUT2D eigenvalue weighted by atomic mass is 16.5. The lowest BCUT2D eigenvalue weighted by molar-refractivity contribution is -0.124. The fourth-order valence-electron chi connectivity index (χ4n) is 3.49. The van der Waals surface area contributed by atoms with Crippen LogP contribution in [0.15, 0.2) is 30.3 Å². The molecule has 0 spiro atoms. The molecule has 1 aliphatic carbocycles. The van der Waals surface area contributed by atoms with Gasteiger partial charge >= 0.3 is 0 Å². The third-order valence-corrected chi connectivity index (χ3v) is 4.85. The van der Waals surface area contributed by atoms with E-state index in [1.807, 2.05) is 18.2 Å². The van der Waals surface area contributed by atoms with Crippen LogP contribution in [0.1, 0.15) is 32.3 Å². The van der Waals surface area contributed by atoms with Gasteiger partial charge in [0.05, 0.1) is 18.1 Å². The molecule has 0 bridgehead atoms. The molecule has 1 aromatic rings. The topological polar surface area (TPSA) is 41.6 Å². The summed E-state index contributed by atoms with van der Waals surface area (Å²) in [5.74, 6) is 0.824. The van der Waals surface area contributed by atoms with E-state index in [-0.39, 0.29) is 17.4 Å². The Morgan fingerprint density at radius 1 is 1.35 bits per heavy atom. The molecule has 3 rings (SSSR count).